The number of thiophene rings is 1. The number of aryl methyl sites for hydroxylation is 1. The quantitative estimate of drug-likeness (QED) is 0.667. The molecule has 25 heavy (non-hydrogen) atoms. The normalized spacial score (nSPS) is 32.0. The molecule has 4 atom stereocenters. The average molecular weight is 375 g/mol. The van der Waals surface area contributed by atoms with E-state index in [2.05, 4.69) is 43.2 Å². The predicted molar refractivity (Wildman–Crippen MR) is 109 cm³/mol. The van der Waals surface area contributed by atoms with Crippen molar-refractivity contribution in [3.8, 4) is 9.75 Å². The molecule has 2 bridgehead atoms. The summed E-state index contributed by atoms with van der Waals surface area (Å²) in [6.45, 7) is 7.95. The first-order chi connectivity index (χ1) is 12.0. The second kappa shape index (κ2) is 7.13. The van der Waals surface area contributed by atoms with Gasteiger partial charge in [0.15, 0.2) is 0 Å². The van der Waals surface area contributed by atoms with Crippen LogP contribution in [0.4, 0.5) is 0 Å². The fourth-order valence-electron chi connectivity index (χ4n) is 5.37. The molecule has 2 saturated carbocycles. The summed E-state index contributed by atoms with van der Waals surface area (Å²) in [7, 11) is 0. The standard InChI is InChI=1S/C21H30N2S2/c1-4-16-8-17-7-14(2)9-21(10-16,11-17)23-12-18-5-6-19(25-18)20-13-22-15(3)24-20/h5-6,13-14,16-17,23H,4,7-12H2,1-3H3. The first kappa shape index (κ1) is 17.7. The van der Waals surface area contributed by atoms with E-state index < -0.39 is 0 Å². The van der Waals surface area contributed by atoms with E-state index in [1.807, 2.05) is 17.5 Å². The summed E-state index contributed by atoms with van der Waals surface area (Å²) in [5, 5.41) is 5.20. The largest absolute Gasteiger partial charge is 0.306 e. The zero-order valence-electron chi connectivity index (χ0n) is 15.7. The summed E-state index contributed by atoms with van der Waals surface area (Å²) in [4.78, 5) is 8.53. The number of aromatic nitrogens is 1. The third-order valence-corrected chi connectivity index (χ3v) is 8.43. The van der Waals surface area contributed by atoms with Gasteiger partial charge in [-0.2, -0.15) is 0 Å². The molecule has 136 valence electrons. The van der Waals surface area contributed by atoms with Gasteiger partial charge in [-0.05, 0) is 68.9 Å². The molecule has 0 radical (unpaired) electrons. The van der Waals surface area contributed by atoms with Crippen LogP contribution < -0.4 is 5.32 Å². The molecule has 2 aliphatic rings. The van der Waals surface area contributed by atoms with Crippen molar-refractivity contribution in [2.75, 3.05) is 0 Å². The van der Waals surface area contributed by atoms with Gasteiger partial charge in [-0.1, -0.05) is 20.3 Å². The Labute approximate surface area is 160 Å². The molecule has 2 aromatic heterocycles. The predicted octanol–water partition coefficient (Wildman–Crippen LogP) is 6.26. The number of hydrogen-bond donors (Lipinski definition) is 1. The van der Waals surface area contributed by atoms with E-state index in [0.717, 1.165) is 29.3 Å². The van der Waals surface area contributed by atoms with Gasteiger partial charge >= 0.3 is 0 Å². The first-order valence-electron chi connectivity index (χ1n) is 9.82. The number of hydrogen-bond acceptors (Lipinski definition) is 4. The highest BCUT2D eigenvalue weighted by molar-refractivity contribution is 7.21. The van der Waals surface area contributed by atoms with Crippen molar-refractivity contribution in [1.29, 1.82) is 0 Å². The van der Waals surface area contributed by atoms with Crippen LogP contribution in [-0.4, -0.2) is 10.5 Å². The zero-order chi connectivity index (χ0) is 17.4. The van der Waals surface area contributed by atoms with E-state index in [0.29, 0.717) is 5.54 Å². The topological polar surface area (TPSA) is 24.9 Å². The molecule has 2 aromatic rings. The molecule has 4 heteroatoms. The Morgan fingerprint density at radius 2 is 2.04 bits per heavy atom. The van der Waals surface area contributed by atoms with Gasteiger partial charge < -0.3 is 5.32 Å². The van der Waals surface area contributed by atoms with Gasteiger partial charge in [-0.25, -0.2) is 4.98 Å². The Kier molecular flexibility index (Phi) is 5.04. The third-order valence-electron chi connectivity index (χ3n) is 6.24. The molecular formula is C21H30N2S2. The van der Waals surface area contributed by atoms with Crippen LogP contribution in [0.15, 0.2) is 18.3 Å². The molecule has 0 spiro atoms. The van der Waals surface area contributed by atoms with Crippen molar-refractivity contribution in [2.45, 2.75) is 71.4 Å². The summed E-state index contributed by atoms with van der Waals surface area (Å²) in [6.07, 6.45) is 10.4. The molecule has 2 nitrogen and oxygen atoms in total. The number of fused-ring (bicyclic) bond motifs is 2. The molecule has 1 N–H and O–H groups in total. The van der Waals surface area contributed by atoms with E-state index in [4.69, 9.17) is 0 Å². The number of nitrogens with one attached hydrogen (secondary N) is 1. The molecule has 4 unspecified atom stereocenters. The maximum absolute atomic E-state index is 4.40. The summed E-state index contributed by atoms with van der Waals surface area (Å²) in [5.41, 5.74) is 0.395. The van der Waals surface area contributed by atoms with Gasteiger partial charge in [0.25, 0.3) is 0 Å². The van der Waals surface area contributed by atoms with E-state index in [-0.39, 0.29) is 0 Å². The van der Waals surface area contributed by atoms with Crippen molar-refractivity contribution < 1.29 is 0 Å². The van der Waals surface area contributed by atoms with Gasteiger partial charge in [0.2, 0.25) is 0 Å². The monoisotopic (exact) mass is 374 g/mol. The lowest BCUT2D eigenvalue weighted by molar-refractivity contribution is 0.0477. The van der Waals surface area contributed by atoms with Gasteiger partial charge in [0, 0.05) is 28.0 Å². The minimum Gasteiger partial charge on any atom is -0.306 e. The van der Waals surface area contributed by atoms with Crippen LogP contribution in [0, 0.1) is 24.7 Å². The lowest BCUT2D eigenvalue weighted by atomic mass is 9.60. The molecule has 2 fully saturated rings. The Hall–Kier alpha value is -0.710. The van der Waals surface area contributed by atoms with Crippen LogP contribution in [-0.2, 0) is 6.54 Å². The van der Waals surface area contributed by atoms with E-state index >= 15 is 0 Å². The molecule has 0 saturated heterocycles. The highest BCUT2D eigenvalue weighted by Crippen LogP contribution is 2.48. The second-order valence-corrected chi connectivity index (χ2v) is 10.9. The van der Waals surface area contributed by atoms with Crippen LogP contribution in [0.5, 0.6) is 0 Å². The lowest BCUT2D eigenvalue weighted by Gasteiger charge is -2.51. The summed E-state index contributed by atoms with van der Waals surface area (Å²) >= 11 is 3.73. The van der Waals surface area contributed by atoms with Crippen LogP contribution in [0.1, 0.15) is 62.3 Å². The van der Waals surface area contributed by atoms with Crippen LogP contribution in [0.2, 0.25) is 0 Å². The Bertz CT molecular complexity index is 715. The maximum Gasteiger partial charge on any atom is 0.0900 e. The fourth-order valence-corrected chi connectivity index (χ4v) is 7.17. The Morgan fingerprint density at radius 1 is 1.16 bits per heavy atom. The maximum atomic E-state index is 4.40. The smallest absolute Gasteiger partial charge is 0.0900 e. The molecule has 0 amide bonds. The van der Waals surface area contributed by atoms with Crippen molar-refractivity contribution in [2.24, 2.45) is 17.8 Å². The number of rotatable bonds is 5. The van der Waals surface area contributed by atoms with Crippen LogP contribution in [0.3, 0.4) is 0 Å². The van der Waals surface area contributed by atoms with Crippen molar-refractivity contribution >= 4 is 22.7 Å². The summed E-state index contributed by atoms with van der Waals surface area (Å²) < 4.78 is 0. The average Bonchev–Trinajstić information content (AvgIpc) is 3.20. The molecule has 2 heterocycles. The number of thiazole rings is 1. The first-order valence-corrected chi connectivity index (χ1v) is 11.4. The molecular weight excluding hydrogens is 344 g/mol. The summed E-state index contributed by atoms with van der Waals surface area (Å²) in [6, 6.07) is 4.58. The van der Waals surface area contributed by atoms with Crippen molar-refractivity contribution in [3.63, 3.8) is 0 Å². The van der Waals surface area contributed by atoms with Crippen molar-refractivity contribution in [3.05, 3.63) is 28.2 Å². The summed E-state index contributed by atoms with van der Waals surface area (Å²) in [5.74, 6) is 2.76. The molecule has 0 aliphatic heterocycles. The van der Waals surface area contributed by atoms with Crippen molar-refractivity contribution in [1.82, 2.24) is 10.3 Å². The highest BCUT2D eigenvalue weighted by atomic mass is 32.1. The van der Waals surface area contributed by atoms with Crippen LogP contribution >= 0.6 is 22.7 Å². The number of nitrogens with zero attached hydrogens (tertiary/aromatic N) is 1. The highest BCUT2D eigenvalue weighted by Gasteiger charge is 2.44. The zero-order valence-corrected chi connectivity index (χ0v) is 17.3. The molecule has 2 aliphatic carbocycles. The SMILES string of the molecule is CCC1CC2CC(C)CC(NCc3ccc(-c4cnc(C)s4)s3)(C1)C2. The molecule has 0 aromatic carbocycles. The Balaban J connectivity index is 1.45. The van der Waals surface area contributed by atoms with E-state index in [1.165, 1.54) is 53.2 Å². The third kappa shape index (κ3) is 3.86. The van der Waals surface area contributed by atoms with Gasteiger partial charge in [0.05, 0.1) is 9.88 Å². The van der Waals surface area contributed by atoms with Crippen LogP contribution in [0.25, 0.3) is 9.75 Å². The fraction of sp³-hybridized carbons (Fsp3) is 0.667. The van der Waals surface area contributed by atoms with Gasteiger partial charge in [-0.15, -0.1) is 22.7 Å². The minimum atomic E-state index is 0.395. The van der Waals surface area contributed by atoms with Gasteiger partial charge in [0.1, 0.15) is 0 Å². The molecule has 4 rings (SSSR count). The minimum absolute atomic E-state index is 0.395. The van der Waals surface area contributed by atoms with Gasteiger partial charge in [-0.3, -0.25) is 0 Å². The Morgan fingerprint density at radius 3 is 2.80 bits per heavy atom. The van der Waals surface area contributed by atoms with E-state index in [9.17, 15) is 0 Å². The van der Waals surface area contributed by atoms with E-state index in [1.54, 1.807) is 11.3 Å². The second-order valence-electron chi connectivity index (χ2n) is 8.47. The lowest BCUT2D eigenvalue weighted by Crippen LogP contribution is -2.54.